The maximum absolute atomic E-state index is 14.7. The van der Waals surface area contributed by atoms with Gasteiger partial charge in [-0.3, -0.25) is 0 Å². The number of nitrogens with two attached hydrogens (primary N) is 1. The minimum Gasteiger partial charge on any atom is -0.494 e. The van der Waals surface area contributed by atoms with E-state index in [4.69, 9.17) is 15.0 Å². The molecule has 0 radical (unpaired) electrons. The van der Waals surface area contributed by atoms with E-state index in [9.17, 15) is 13.0 Å². The molecular weight excluding hydrogens is 454 g/mol. The Morgan fingerprint density at radius 2 is 1.97 bits per heavy atom. The van der Waals surface area contributed by atoms with Crippen LogP contribution in [0.4, 0.5) is 8.78 Å². The van der Waals surface area contributed by atoms with E-state index in [-0.39, 0.29) is 17.2 Å². The molecule has 0 bridgehead atoms. The molecule has 3 rings (SSSR count). The zero-order valence-corrected chi connectivity index (χ0v) is 19.4. The third-order valence-corrected chi connectivity index (χ3v) is 8.32. The number of aliphatic imine (C=N–C) groups is 1. The summed E-state index contributed by atoms with van der Waals surface area (Å²) in [5.41, 5.74) is 6.85. The average molecular weight is 479 g/mol. The predicted octanol–water partition coefficient (Wildman–Crippen LogP) is 3.61. The number of hydrogen-bond donors (Lipinski definition) is 1. The van der Waals surface area contributed by atoms with E-state index in [1.54, 1.807) is 6.07 Å². The molecule has 0 aliphatic rings. The van der Waals surface area contributed by atoms with E-state index in [0.29, 0.717) is 28.6 Å². The summed E-state index contributed by atoms with van der Waals surface area (Å²) in [6.45, 7) is 2.02. The summed E-state index contributed by atoms with van der Waals surface area (Å²) in [7, 11) is -0.302. The normalized spacial score (nSPS) is 14.1. The van der Waals surface area contributed by atoms with Gasteiger partial charge in [0, 0.05) is 24.2 Å². The smallest absolute Gasteiger partial charge is 0.181 e. The molecule has 0 saturated carbocycles. The van der Waals surface area contributed by atoms with Gasteiger partial charge in [0.1, 0.15) is 16.4 Å². The summed E-state index contributed by atoms with van der Waals surface area (Å²) in [6, 6.07) is 5.85. The second-order valence-corrected chi connectivity index (χ2v) is 10.4. The number of nitrogens with zero attached hydrogens (tertiary/aromatic N) is 5. The molecular formula is C21H24F2N6O3S. The highest BCUT2D eigenvalue weighted by Crippen LogP contribution is 2.30. The Hall–Kier alpha value is -3.41. The van der Waals surface area contributed by atoms with Crippen LogP contribution in [0.5, 0.6) is 5.75 Å². The van der Waals surface area contributed by atoms with Gasteiger partial charge in [0.25, 0.3) is 0 Å². The molecule has 9 nitrogen and oxygen atoms in total. The number of amidine groups is 1. The fourth-order valence-electron chi connectivity index (χ4n) is 3.01. The maximum Gasteiger partial charge on any atom is 0.181 e. The number of benzene rings is 1. The first kappa shape index (κ1) is 24.2. The van der Waals surface area contributed by atoms with Crippen LogP contribution in [0.2, 0.25) is 0 Å². The quantitative estimate of drug-likeness (QED) is 0.297. The Labute approximate surface area is 190 Å². The van der Waals surface area contributed by atoms with Crippen molar-refractivity contribution in [3.05, 3.63) is 48.0 Å². The molecule has 0 spiro atoms. The van der Waals surface area contributed by atoms with E-state index in [1.807, 2.05) is 0 Å². The Morgan fingerprint density at radius 3 is 2.58 bits per heavy atom. The number of ether oxygens (including phenoxy) is 1. The van der Waals surface area contributed by atoms with Gasteiger partial charge in [-0.05, 0) is 32.0 Å². The van der Waals surface area contributed by atoms with E-state index in [0.717, 1.165) is 0 Å². The van der Waals surface area contributed by atoms with Crippen molar-refractivity contribution in [1.82, 2.24) is 15.1 Å². The minimum absolute atomic E-state index is 0.128. The lowest BCUT2D eigenvalue weighted by molar-refractivity contribution is 0.410. The molecule has 1 aromatic carbocycles. The molecule has 2 heterocycles. The van der Waals surface area contributed by atoms with Crippen LogP contribution in [0.25, 0.3) is 22.8 Å². The van der Waals surface area contributed by atoms with Crippen LogP contribution in [0, 0.1) is 5.82 Å². The second-order valence-electron chi connectivity index (χ2n) is 7.47. The van der Waals surface area contributed by atoms with Crippen molar-refractivity contribution >= 4 is 15.6 Å². The van der Waals surface area contributed by atoms with Gasteiger partial charge >= 0.3 is 0 Å². The molecule has 0 fully saturated rings. The number of methoxy groups -OCH3 is 1. The van der Waals surface area contributed by atoms with E-state index in [2.05, 4.69) is 24.5 Å². The summed E-state index contributed by atoms with van der Waals surface area (Å²) in [5.74, 6) is 0.160. The highest BCUT2D eigenvalue weighted by Gasteiger charge is 2.36. The van der Waals surface area contributed by atoms with Crippen LogP contribution in [0.3, 0.4) is 0 Å². The number of alkyl halides is 1. The summed E-state index contributed by atoms with van der Waals surface area (Å²) in [6.07, 6.45) is 2.99. The molecule has 0 aliphatic heterocycles. The van der Waals surface area contributed by atoms with Crippen LogP contribution in [0.1, 0.15) is 19.4 Å². The van der Waals surface area contributed by atoms with Crippen molar-refractivity contribution in [2.75, 3.05) is 21.0 Å². The van der Waals surface area contributed by atoms with Gasteiger partial charge in [-0.1, -0.05) is 5.16 Å². The van der Waals surface area contributed by atoms with E-state index in [1.165, 1.54) is 58.6 Å². The van der Waals surface area contributed by atoms with Gasteiger partial charge in [-0.15, -0.1) is 0 Å². The van der Waals surface area contributed by atoms with Crippen molar-refractivity contribution in [3.63, 3.8) is 0 Å². The molecule has 12 heteroatoms. The standard InChI is InChI=1S/C21H24F2N6O3S/c1-21(2,20(24)28-12-22)33(30,25-3)11-14-7-13(5-6-16(14)23)18-8-17(29-32-18)19-26-9-15(31-4)10-27-19/h5-10H,11-12H2,1-4H3,(H2,24,28). The second kappa shape index (κ2) is 9.61. The van der Waals surface area contributed by atoms with Crippen molar-refractivity contribution in [1.29, 1.82) is 0 Å². The van der Waals surface area contributed by atoms with Gasteiger partial charge in [0.2, 0.25) is 0 Å². The van der Waals surface area contributed by atoms with E-state index < -0.39 is 27.1 Å². The Balaban J connectivity index is 1.95. The molecule has 3 aromatic rings. The molecule has 1 unspecified atom stereocenters. The third-order valence-electron chi connectivity index (χ3n) is 5.22. The predicted molar refractivity (Wildman–Crippen MR) is 121 cm³/mol. The van der Waals surface area contributed by atoms with Crippen LogP contribution in [0.15, 0.2) is 50.5 Å². The van der Waals surface area contributed by atoms with Crippen molar-refractivity contribution in [3.8, 4) is 28.6 Å². The first-order valence-electron chi connectivity index (χ1n) is 9.76. The SMILES string of the molecule is CN=S(=O)(Cc1cc(-c2cc(-c3ncc(OC)cn3)no2)ccc1F)C(C)(C)/C(N)=N\CF. The van der Waals surface area contributed by atoms with Crippen LogP contribution >= 0.6 is 0 Å². The Kier molecular flexibility index (Phi) is 7.06. The lowest BCUT2D eigenvalue weighted by Crippen LogP contribution is -2.46. The van der Waals surface area contributed by atoms with Gasteiger partial charge in [0.15, 0.2) is 29.8 Å². The van der Waals surface area contributed by atoms with Crippen molar-refractivity contribution in [2.24, 2.45) is 15.1 Å². The van der Waals surface area contributed by atoms with Crippen LogP contribution in [-0.4, -0.2) is 50.9 Å². The molecule has 33 heavy (non-hydrogen) atoms. The van der Waals surface area contributed by atoms with Gasteiger partial charge in [-0.2, -0.15) is 0 Å². The number of aromatic nitrogens is 3. The lowest BCUT2D eigenvalue weighted by Gasteiger charge is -2.28. The first-order valence-corrected chi connectivity index (χ1v) is 11.4. The first-order chi connectivity index (χ1) is 15.6. The highest BCUT2D eigenvalue weighted by atomic mass is 32.2. The molecule has 2 aromatic heterocycles. The average Bonchev–Trinajstić information content (AvgIpc) is 3.30. The zero-order chi connectivity index (χ0) is 24.2. The fourth-order valence-corrected chi connectivity index (χ4v) is 4.99. The maximum atomic E-state index is 14.7. The zero-order valence-electron chi connectivity index (χ0n) is 18.6. The number of rotatable bonds is 8. The van der Waals surface area contributed by atoms with E-state index >= 15 is 0 Å². The Morgan fingerprint density at radius 1 is 1.27 bits per heavy atom. The molecule has 0 saturated heterocycles. The molecule has 0 aliphatic carbocycles. The molecule has 2 N–H and O–H groups in total. The monoisotopic (exact) mass is 478 g/mol. The topological polar surface area (TPSA) is 129 Å². The number of hydrogen-bond acceptors (Lipinski definition) is 8. The molecule has 1 atom stereocenters. The summed E-state index contributed by atoms with van der Waals surface area (Å²) in [4.78, 5) is 11.8. The largest absolute Gasteiger partial charge is 0.494 e. The third kappa shape index (κ3) is 4.85. The van der Waals surface area contributed by atoms with Crippen LogP contribution in [-0.2, 0) is 15.5 Å². The highest BCUT2D eigenvalue weighted by molar-refractivity contribution is 7.95. The molecule has 176 valence electrons. The van der Waals surface area contributed by atoms with Gasteiger partial charge < -0.3 is 15.0 Å². The number of halogens is 2. The molecule has 0 amide bonds. The Bertz CT molecular complexity index is 1280. The lowest BCUT2D eigenvalue weighted by atomic mass is 10.1. The van der Waals surface area contributed by atoms with Crippen molar-refractivity contribution in [2.45, 2.75) is 24.3 Å². The van der Waals surface area contributed by atoms with Gasteiger partial charge in [0.05, 0.1) is 35.0 Å². The minimum atomic E-state index is -3.16. The summed E-state index contributed by atoms with van der Waals surface area (Å²) in [5, 5.41) is 3.97. The fraction of sp³-hybridized carbons (Fsp3) is 0.333. The summed E-state index contributed by atoms with van der Waals surface area (Å²) >= 11 is 0. The van der Waals surface area contributed by atoms with Crippen molar-refractivity contribution < 1.29 is 22.2 Å². The summed E-state index contributed by atoms with van der Waals surface area (Å²) < 4.78 is 54.1. The van der Waals surface area contributed by atoms with Crippen LogP contribution < -0.4 is 10.5 Å². The van der Waals surface area contributed by atoms with Gasteiger partial charge in [-0.25, -0.2) is 32.3 Å².